The first-order valence-corrected chi connectivity index (χ1v) is 4.81. The Balaban J connectivity index is 2.42. The van der Waals surface area contributed by atoms with E-state index in [9.17, 15) is 0 Å². The molecule has 1 heterocycles. The molecular weight excluding hydrogens is 172 g/mol. The van der Waals surface area contributed by atoms with E-state index in [-0.39, 0.29) is 0 Å². The number of aromatic nitrogens is 2. The van der Waals surface area contributed by atoms with Crippen LogP contribution in [0.5, 0.6) is 0 Å². The van der Waals surface area contributed by atoms with Gasteiger partial charge < -0.3 is 0 Å². The Labute approximate surface area is 78.5 Å². The van der Waals surface area contributed by atoms with Gasteiger partial charge >= 0.3 is 0 Å². The molecule has 0 aliphatic heterocycles. The maximum atomic E-state index is 5.86. The predicted molar refractivity (Wildman–Crippen MR) is 51.5 cm³/mol. The van der Waals surface area contributed by atoms with Crippen molar-refractivity contribution in [3.05, 3.63) is 16.9 Å². The van der Waals surface area contributed by atoms with Crippen molar-refractivity contribution in [1.82, 2.24) is 9.78 Å². The van der Waals surface area contributed by atoms with Crippen LogP contribution in [0.1, 0.15) is 31.9 Å². The van der Waals surface area contributed by atoms with Crippen molar-refractivity contribution in [2.24, 2.45) is 0 Å². The maximum absolute atomic E-state index is 5.86. The van der Waals surface area contributed by atoms with Crippen LogP contribution < -0.4 is 0 Å². The fourth-order valence-corrected chi connectivity index (χ4v) is 1.28. The molecule has 0 unspecified atom stereocenters. The summed E-state index contributed by atoms with van der Waals surface area (Å²) in [5, 5.41) is 5.04. The van der Waals surface area contributed by atoms with Crippen LogP contribution >= 0.6 is 11.6 Å². The zero-order valence-corrected chi connectivity index (χ0v) is 8.43. The van der Waals surface area contributed by atoms with E-state index in [4.69, 9.17) is 11.6 Å². The van der Waals surface area contributed by atoms with Gasteiger partial charge in [0, 0.05) is 12.7 Å². The lowest BCUT2D eigenvalue weighted by atomic mass is 10.2. The van der Waals surface area contributed by atoms with E-state index in [1.165, 1.54) is 19.3 Å². The highest BCUT2D eigenvalue weighted by Gasteiger charge is 2.00. The molecule has 0 atom stereocenters. The van der Waals surface area contributed by atoms with Crippen molar-refractivity contribution >= 4 is 11.6 Å². The number of hydrogen-bond donors (Lipinski definition) is 0. The Bertz CT molecular complexity index is 223. The van der Waals surface area contributed by atoms with Crippen LogP contribution in [0.3, 0.4) is 0 Å². The van der Waals surface area contributed by atoms with Crippen LogP contribution in [-0.2, 0) is 6.54 Å². The molecule has 0 saturated carbocycles. The third-order valence-corrected chi connectivity index (χ3v) is 2.25. The van der Waals surface area contributed by atoms with Gasteiger partial charge in [-0.15, -0.1) is 0 Å². The summed E-state index contributed by atoms with van der Waals surface area (Å²) in [6.45, 7) is 5.11. The normalized spacial score (nSPS) is 10.6. The summed E-state index contributed by atoms with van der Waals surface area (Å²) >= 11 is 5.86. The maximum Gasteiger partial charge on any atom is 0.0814 e. The molecule has 0 radical (unpaired) electrons. The van der Waals surface area contributed by atoms with Gasteiger partial charge in [-0.1, -0.05) is 31.4 Å². The molecule has 0 bridgehead atoms. The van der Waals surface area contributed by atoms with Gasteiger partial charge in [-0.05, 0) is 13.3 Å². The summed E-state index contributed by atoms with van der Waals surface area (Å²) in [6, 6.07) is 0. The van der Waals surface area contributed by atoms with Crippen molar-refractivity contribution < 1.29 is 0 Å². The number of unbranched alkanes of at least 4 members (excludes halogenated alkanes) is 2. The number of hydrogen-bond acceptors (Lipinski definition) is 1. The lowest BCUT2D eigenvalue weighted by molar-refractivity contribution is 0.550. The quantitative estimate of drug-likeness (QED) is 0.661. The summed E-state index contributed by atoms with van der Waals surface area (Å²) in [4.78, 5) is 0. The van der Waals surface area contributed by atoms with E-state index >= 15 is 0 Å². The van der Waals surface area contributed by atoms with Gasteiger partial charge in [-0.25, -0.2) is 0 Å². The number of aryl methyl sites for hydroxylation is 2. The zero-order chi connectivity index (χ0) is 8.97. The van der Waals surface area contributed by atoms with Crippen molar-refractivity contribution in [2.45, 2.75) is 39.7 Å². The lowest BCUT2D eigenvalue weighted by Crippen LogP contribution is -1.98. The van der Waals surface area contributed by atoms with Crippen LogP contribution in [0.2, 0.25) is 5.02 Å². The summed E-state index contributed by atoms with van der Waals surface area (Å²) in [6.07, 6.45) is 5.59. The van der Waals surface area contributed by atoms with Gasteiger partial charge in [0.15, 0.2) is 0 Å². The molecule has 3 heteroatoms. The summed E-state index contributed by atoms with van der Waals surface area (Å²) < 4.78 is 1.92. The summed E-state index contributed by atoms with van der Waals surface area (Å²) in [5.41, 5.74) is 0.924. The Hall–Kier alpha value is -0.500. The second-order valence-corrected chi connectivity index (χ2v) is 3.44. The molecule has 12 heavy (non-hydrogen) atoms. The third-order valence-electron chi connectivity index (χ3n) is 1.88. The van der Waals surface area contributed by atoms with E-state index < -0.39 is 0 Å². The standard InChI is InChI=1S/C9H15ClN2/c1-3-4-5-6-12-7-9(10)8(2)11-12/h7H,3-6H2,1-2H3. The molecule has 0 fully saturated rings. The van der Waals surface area contributed by atoms with E-state index in [2.05, 4.69) is 12.0 Å². The molecular formula is C9H15ClN2. The van der Waals surface area contributed by atoms with E-state index in [1.807, 2.05) is 17.8 Å². The van der Waals surface area contributed by atoms with E-state index in [0.717, 1.165) is 17.3 Å². The fourth-order valence-electron chi connectivity index (χ4n) is 1.13. The molecule has 0 aromatic carbocycles. The van der Waals surface area contributed by atoms with Gasteiger partial charge in [0.05, 0.1) is 10.7 Å². The molecule has 1 aromatic rings. The topological polar surface area (TPSA) is 17.8 Å². The monoisotopic (exact) mass is 186 g/mol. The zero-order valence-electron chi connectivity index (χ0n) is 7.68. The molecule has 0 amide bonds. The first kappa shape index (κ1) is 9.59. The lowest BCUT2D eigenvalue weighted by Gasteiger charge is -1.98. The average Bonchev–Trinajstić information content (AvgIpc) is 2.32. The van der Waals surface area contributed by atoms with Crippen LogP contribution in [0.4, 0.5) is 0 Å². The summed E-state index contributed by atoms with van der Waals surface area (Å²) in [7, 11) is 0. The van der Waals surface area contributed by atoms with Crippen molar-refractivity contribution in [3.8, 4) is 0 Å². The molecule has 1 rings (SSSR count). The Morgan fingerprint density at radius 2 is 2.25 bits per heavy atom. The summed E-state index contributed by atoms with van der Waals surface area (Å²) in [5.74, 6) is 0. The van der Waals surface area contributed by atoms with Crippen LogP contribution in [0.25, 0.3) is 0 Å². The Morgan fingerprint density at radius 3 is 2.75 bits per heavy atom. The molecule has 68 valence electrons. The van der Waals surface area contributed by atoms with Crippen molar-refractivity contribution in [1.29, 1.82) is 0 Å². The van der Waals surface area contributed by atoms with Crippen molar-refractivity contribution in [3.63, 3.8) is 0 Å². The van der Waals surface area contributed by atoms with E-state index in [1.54, 1.807) is 0 Å². The van der Waals surface area contributed by atoms with Gasteiger partial charge in [-0.3, -0.25) is 4.68 Å². The third kappa shape index (κ3) is 2.52. The second-order valence-electron chi connectivity index (χ2n) is 3.03. The van der Waals surface area contributed by atoms with Gasteiger partial charge in [0.2, 0.25) is 0 Å². The SMILES string of the molecule is CCCCCn1cc(Cl)c(C)n1. The van der Waals surface area contributed by atoms with Crippen LogP contribution in [0, 0.1) is 6.92 Å². The van der Waals surface area contributed by atoms with Gasteiger partial charge in [0.1, 0.15) is 0 Å². The Kier molecular flexibility index (Phi) is 3.60. The van der Waals surface area contributed by atoms with Gasteiger partial charge in [-0.2, -0.15) is 5.10 Å². The highest BCUT2D eigenvalue weighted by atomic mass is 35.5. The van der Waals surface area contributed by atoms with Crippen LogP contribution in [-0.4, -0.2) is 9.78 Å². The molecule has 2 nitrogen and oxygen atoms in total. The van der Waals surface area contributed by atoms with Crippen LogP contribution in [0.15, 0.2) is 6.20 Å². The largest absolute Gasteiger partial charge is 0.271 e. The Morgan fingerprint density at radius 1 is 1.50 bits per heavy atom. The highest BCUT2D eigenvalue weighted by molar-refractivity contribution is 6.31. The first-order valence-electron chi connectivity index (χ1n) is 4.43. The molecule has 0 aliphatic rings. The predicted octanol–water partition coefficient (Wildman–Crippen LogP) is 3.04. The van der Waals surface area contributed by atoms with Gasteiger partial charge in [0.25, 0.3) is 0 Å². The van der Waals surface area contributed by atoms with Crippen molar-refractivity contribution in [2.75, 3.05) is 0 Å². The minimum Gasteiger partial charge on any atom is -0.271 e. The molecule has 1 aromatic heterocycles. The molecule has 0 spiro atoms. The van der Waals surface area contributed by atoms with E-state index in [0.29, 0.717) is 0 Å². The smallest absolute Gasteiger partial charge is 0.0814 e. The minimum absolute atomic E-state index is 0.770. The first-order chi connectivity index (χ1) is 5.74. The molecule has 0 saturated heterocycles. The number of nitrogens with zero attached hydrogens (tertiary/aromatic N) is 2. The number of halogens is 1. The molecule has 0 aliphatic carbocycles. The second kappa shape index (κ2) is 4.51. The minimum atomic E-state index is 0.770. The number of rotatable bonds is 4. The fraction of sp³-hybridized carbons (Fsp3) is 0.667. The molecule has 0 N–H and O–H groups in total. The average molecular weight is 187 g/mol. The highest BCUT2D eigenvalue weighted by Crippen LogP contribution is 2.12.